The molecule has 0 saturated carbocycles. The predicted octanol–water partition coefficient (Wildman–Crippen LogP) is 2.27. The molecule has 0 saturated heterocycles. The highest BCUT2D eigenvalue weighted by Crippen LogP contribution is 2.28. The first-order chi connectivity index (χ1) is 4.97. The van der Waals surface area contributed by atoms with Crippen LogP contribution < -0.4 is 4.74 Å². The number of benzene rings is 1. The van der Waals surface area contributed by atoms with E-state index in [1.54, 1.807) is 0 Å². The highest BCUT2D eigenvalue weighted by atomic mass is 32.2. The van der Waals surface area contributed by atoms with Crippen LogP contribution >= 0.6 is 11.8 Å². The molecule has 10 heavy (non-hydrogen) atoms. The van der Waals surface area contributed by atoms with E-state index in [0.717, 1.165) is 17.4 Å². The average Bonchev–Trinajstić information content (AvgIpc) is 2.05. The Kier molecular flexibility index (Phi) is 1.55. The second-order valence-electron chi connectivity index (χ2n) is 2.22. The molecule has 0 atom stereocenters. The normalized spacial score (nSPS) is 15.6. The van der Waals surface area contributed by atoms with Crippen LogP contribution in [0.5, 0.6) is 5.75 Å². The molecule has 2 heteroatoms. The van der Waals surface area contributed by atoms with E-state index < -0.39 is 0 Å². The van der Waals surface area contributed by atoms with E-state index in [4.69, 9.17) is 4.74 Å². The molecule has 0 aliphatic carbocycles. The zero-order valence-electron chi connectivity index (χ0n) is 5.54. The highest BCUT2D eigenvalue weighted by Gasteiger charge is 2.07. The van der Waals surface area contributed by atoms with Crippen LogP contribution in [0.25, 0.3) is 0 Å². The molecular formula is C8H8OS. The smallest absolute Gasteiger partial charge is 0.134 e. The van der Waals surface area contributed by atoms with Crippen LogP contribution in [0, 0.1) is 0 Å². The van der Waals surface area contributed by atoms with Gasteiger partial charge in [0.2, 0.25) is 0 Å². The maximum Gasteiger partial charge on any atom is 0.134 e. The third-order valence-corrected chi connectivity index (χ3v) is 2.33. The van der Waals surface area contributed by atoms with Gasteiger partial charge < -0.3 is 4.74 Å². The number of para-hydroxylation sites is 1. The number of thioether (sulfide) groups is 1. The molecule has 0 spiro atoms. The molecule has 2 rings (SSSR count). The fourth-order valence-corrected chi connectivity index (χ4v) is 1.77. The first kappa shape index (κ1) is 6.10. The van der Waals surface area contributed by atoms with Gasteiger partial charge >= 0.3 is 0 Å². The summed E-state index contributed by atoms with van der Waals surface area (Å²) in [4.78, 5) is 0. The average molecular weight is 152 g/mol. The molecule has 1 aromatic carbocycles. The van der Waals surface area contributed by atoms with Gasteiger partial charge in [-0.05, 0) is 6.07 Å². The molecule has 1 aliphatic rings. The van der Waals surface area contributed by atoms with Crippen LogP contribution in [-0.2, 0) is 5.75 Å². The summed E-state index contributed by atoms with van der Waals surface area (Å²) < 4.78 is 5.39. The molecule has 0 unspecified atom stereocenters. The molecule has 0 radical (unpaired) electrons. The van der Waals surface area contributed by atoms with Crippen molar-refractivity contribution in [2.45, 2.75) is 5.75 Å². The van der Waals surface area contributed by atoms with Crippen molar-refractivity contribution in [3.05, 3.63) is 29.8 Å². The summed E-state index contributed by atoms with van der Waals surface area (Å²) in [5.41, 5.74) is 1.32. The zero-order chi connectivity index (χ0) is 6.81. The van der Waals surface area contributed by atoms with Gasteiger partial charge in [-0.3, -0.25) is 0 Å². The minimum absolute atomic E-state index is 0.803. The van der Waals surface area contributed by atoms with Gasteiger partial charge in [-0.25, -0.2) is 0 Å². The van der Waals surface area contributed by atoms with E-state index in [1.807, 2.05) is 30.0 Å². The summed E-state index contributed by atoms with van der Waals surface area (Å²) in [6.45, 7) is 0. The van der Waals surface area contributed by atoms with Gasteiger partial charge in [-0.15, -0.1) is 11.8 Å². The van der Waals surface area contributed by atoms with Crippen molar-refractivity contribution in [3.63, 3.8) is 0 Å². The van der Waals surface area contributed by atoms with Gasteiger partial charge in [0.15, 0.2) is 0 Å². The topological polar surface area (TPSA) is 9.23 Å². The quantitative estimate of drug-likeness (QED) is 0.564. The van der Waals surface area contributed by atoms with Gasteiger partial charge in [0.1, 0.15) is 11.7 Å². The van der Waals surface area contributed by atoms with Crippen LogP contribution in [0.15, 0.2) is 24.3 Å². The first-order valence-corrected chi connectivity index (χ1v) is 4.41. The number of hydrogen-bond donors (Lipinski definition) is 0. The maximum atomic E-state index is 5.39. The zero-order valence-corrected chi connectivity index (χ0v) is 6.36. The Morgan fingerprint density at radius 2 is 2.20 bits per heavy atom. The fraction of sp³-hybridized carbons (Fsp3) is 0.250. The van der Waals surface area contributed by atoms with Crippen molar-refractivity contribution in [1.29, 1.82) is 0 Å². The highest BCUT2D eigenvalue weighted by molar-refractivity contribution is 7.98. The molecule has 52 valence electrons. The number of fused-ring (bicyclic) bond motifs is 1. The maximum absolute atomic E-state index is 5.39. The van der Waals surface area contributed by atoms with E-state index in [0.29, 0.717) is 0 Å². The number of ether oxygens (including phenoxy) is 1. The minimum atomic E-state index is 0.803. The van der Waals surface area contributed by atoms with Gasteiger partial charge in [0, 0.05) is 11.3 Å². The van der Waals surface area contributed by atoms with E-state index in [9.17, 15) is 0 Å². The Hall–Kier alpha value is -0.630. The lowest BCUT2D eigenvalue weighted by molar-refractivity contribution is 0.384. The van der Waals surface area contributed by atoms with E-state index in [-0.39, 0.29) is 0 Å². The Morgan fingerprint density at radius 3 is 3.10 bits per heavy atom. The summed E-state index contributed by atoms with van der Waals surface area (Å²) in [7, 11) is 0. The van der Waals surface area contributed by atoms with Crippen LogP contribution in [0.4, 0.5) is 0 Å². The lowest BCUT2D eigenvalue weighted by Gasteiger charge is -2.15. The van der Waals surface area contributed by atoms with Crippen molar-refractivity contribution in [1.82, 2.24) is 0 Å². The molecule has 0 bridgehead atoms. The molecule has 1 aromatic rings. The summed E-state index contributed by atoms with van der Waals surface area (Å²) in [6, 6.07) is 8.19. The van der Waals surface area contributed by atoms with Crippen LogP contribution in [0.2, 0.25) is 0 Å². The largest absolute Gasteiger partial charge is 0.483 e. The lowest BCUT2D eigenvalue weighted by Crippen LogP contribution is -2.01. The van der Waals surface area contributed by atoms with Crippen LogP contribution in [0.3, 0.4) is 0 Å². The predicted molar refractivity (Wildman–Crippen MR) is 43.2 cm³/mol. The van der Waals surface area contributed by atoms with Gasteiger partial charge in [0.05, 0.1) is 0 Å². The Labute approximate surface area is 64.4 Å². The summed E-state index contributed by atoms with van der Waals surface area (Å²) in [5.74, 6) is 2.95. The molecule has 0 aromatic heterocycles. The lowest BCUT2D eigenvalue weighted by atomic mass is 10.2. The van der Waals surface area contributed by atoms with E-state index >= 15 is 0 Å². The standard InChI is InChI=1S/C8H8OS/c1-2-4-8-7(3-1)5-10-6-9-8/h1-4H,5-6H2. The monoisotopic (exact) mass is 152 g/mol. The minimum Gasteiger partial charge on any atom is -0.483 e. The van der Waals surface area contributed by atoms with Crippen molar-refractivity contribution in [2.24, 2.45) is 0 Å². The molecule has 0 N–H and O–H groups in total. The number of hydrogen-bond acceptors (Lipinski definition) is 2. The van der Waals surface area contributed by atoms with Gasteiger partial charge in [-0.2, -0.15) is 0 Å². The summed E-state index contributed by atoms with van der Waals surface area (Å²) in [5, 5.41) is 0. The van der Waals surface area contributed by atoms with Gasteiger partial charge in [-0.1, -0.05) is 18.2 Å². The summed E-state index contributed by atoms with van der Waals surface area (Å²) >= 11 is 1.82. The van der Waals surface area contributed by atoms with Crippen molar-refractivity contribution < 1.29 is 4.74 Å². The second-order valence-corrected chi connectivity index (χ2v) is 3.15. The Bertz CT molecular complexity index is 209. The van der Waals surface area contributed by atoms with E-state index in [2.05, 4.69) is 6.07 Å². The van der Waals surface area contributed by atoms with Gasteiger partial charge in [0.25, 0.3) is 0 Å². The van der Waals surface area contributed by atoms with Crippen molar-refractivity contribution >= 4 is 11.8 Å². The molecule has 0 fully saturated rings. The Balaban J connectivity index is 2.41. The molecule has 0 amide bonds. The molecule has 1 heterocycles. The fourth-order valence-electron chi connectivity index (χ4n) is 1.02. The third-order valence-electron chi connectivity index (χ3n) is 1.53. The van der Waals surface area contributed by atoms with Crippen molar-refractivity contribution in [3.8, 4) is 5.75 Å². The molecule has 1 aliphatic heterocycles. The Morgan fingerprint density at radius 1 is 1.30 bits per heavy atom. The molecular weight excluding hydrogens is 144 g/mol. The molecule has 1 nitrogen and oxygen atoms in total. The van der Waals surface area contributed by atoms with Crippen molar-refractivity contribution in [2.75, 3.05) is 5.94 Å². The second kappa shape index (κ2) is 2.54. The summed E-state index contributed by atoms with van der Waals surface area (Å²) in [6.07, 6.45) is 0. The third kappa shape index (κ3) is 0.991. The number of rotatable bonds is 0. The van der Waals surface area contributed by atoms with Crippen LogP contribution in [-0.4, -0.2) is 5.94 Å². The SMILES string of the molecule is c1ccc2c(c1)CSCO2. The van der Waals surface area contributed by atoms with Crippen LogP contribution in [0.1, 0.15) is 5.56 Å². The first-order valence-electron chi connectivity index (χ1n) is 3.25. The van der Waals surface area contributed by atoms with E-state index in [1.165, 1.54) is 5.56 Å².